The highest BCUT2D eigenvalue weighted by molar-refractivity contribution is 5.28. The van der Waals surface area contributed by atoms with E-state index in [1.54, 1.807) is 11.1 Å². The van der Waals surface area contributed by atoms with Crippen LogP contribution in [0.15, 0.2) is 35.1 Å². The molecule has 0 radical (unpaired) electrons. The highest BCUT2D eigenvalue weighted by Gasteiger charge is 2.31. The first kappa shape index (κ1) is 14.1. The molecule has 0 aromatic heterocycles. The van der Waals surface area contributed by atoms with Crippen LogP contribution in [0.3, 0.4) is 0 Å². The average molecular weight is 233 g/mol. The first-order valence-electron chi connectivity index (χ1n) is 6.73. The van der Waals surface area contributed by atoms with Crippen molar-refractivity contribution in [1.29, 1.82) is 0 Å². The highest BCUT2D eigenvalue weighted by Crippen LogP contribution is 2.40. The summed E-state index contributed by atoms with van der Waals surface area (Å²) in [5.74, 6) is 0.754. The predicted octanol–water partition coefficient (Wildman–Crippen LogP) is 4.53. The summed E-state index contributed by atoms with van der Waals surface area (Å²) in [5, 5.41) is 0. The Morgan fingerprint density at radius 2 is 2.18 bits per heavy atom. The molecule has 0 amide bonds. The van der Waals surface area contributed by atoms with E-state index in [2.05, 4.69) is 64.8 Å². The average Bonchev–Trinajstić information content (AvgIpc) is 2.33. The third-order valence-corrected chi connectivity index (χ3v) is 4.29. The van der Waals surface area contributed by atoms with E-state index in [-0.39, 0.29) is 0 Å². The van der Waals surface area contributed by atoms with Gasteiger partial charge in [-0.1, -0.05) is 30.2 Å². The van der Waals surface area contributed by atoms with Gasteiger partial charge < -0.3 is 4.90 Å². The molecule has 2 atom stereocenters. The lowest BCUT2D eigenvalue weighted by atomic mass is 9.73. The van der Waals surface area contributed by atoms with E-state index in [0.717, 1.165) is 5.92 Å². The van der Waals surface area contributed by atoms with Gasteiger partial charge in [-0.05, 0) is 46.6 Å². The van der Waals surface area contributed by atoms with Gasteiger partial charge in [0, 0.05) is 24.7 Å². The fraction of sp³-hybridized carbons (Fsp3) is 0.625. The zero-order valence-corrected chi connectivity index (χ0v) is 12.2. The third kappa shape index (κ3) is 3.02. The van der Waals surface area contributed by atoms with Gasteiger partial charge in [0.05, 0.1) is 0 Å². The van der Waals surface area contributed by atoms with E-state index in [1.807, 2.05) is 0 Å². The van der Waals surface area contributed by atoms with Crippen molar-refractivity contribution in [3.05, 3.63) is 35.1 Å². The van der Waals surface area contributed by atoms with Crippen LogP contribution in [0.4, 0.5) is 0 Å². The van der Waals surface area contributed by atoms with E-state index in [0.29, 0.717) is 6.04 Å². The monoisotopic (exact) mass is 233 g/mol. The summed E-state index contributed by atoms with van der Waals surface area (Å²) < 4.78 is 0. The van der Waals surface area contributed by atoms with Crippen LogP contribution in [-0.2, 0) is 0 Å². The molecular weight excluding hydrogens is 206 g/mol. The van der Waals surface area contributed by atoms with E-state index < -0.39 is 0 Å². The van der Waals surface area contributed by atoms with Gasteiger partial charge in [-0.2, -0.15) is 0 Å². The maximum absolute atomic E-state index is 2.40. The molecule has 1 aliphatic carbocycles. The zero-order valence-electron chi connectivity index (χ0n) is 12.2. The van der Waals surface area contributed by atoms with Gasteiger partial charge in [0.1, 0.15) is 0 Å². The van der Waals surface area contributed by atoms with Crippen LogP contribution in [-0.4, -0.2) is 18.0 Å². The second kappa shape index (κ2) is 6.09. The summed E-state index contributed by atoms with van der Waals surface area (Å²) in [6, 6.07) is 0.604. The molecule has 1 rings (SSSR count). The number of allylic oxidation sites excluding steroid dienone is 5. The van der Waals surface area contributed by atoms with Crippen LogP contribution >= 0.6 is 0 Å². The van der Waals surface area contributed by atoms with Crippen LogP contribution in [0.2, 0.25) is 0 Å². The SMILES string of the molecule is C/C=C\C=C(/C)N(C)[C@@H](C)C1CC(CC)=C1C. The zero-order chi connectivity index (χ0) is 13.0. The summed E-state index contributed by atoms with van der Waals surface area (Å²) in [6.07, 6.45) is 8.90. The molecule has 1 nitrogen and oxygen atoms in total. The molecule has 96 valence electrons. The Hall–Kier alpha value is -0.980. The first-order chi connectivity index (χ1) is 8.02. The van der Waals surface area contributed by atoms with Gasteiger partial charge in [0.15, 0.2) is 0 Å². The summed E-state index contributed by atoms with van der Waals surface area (Å²) in [4.78, 5) is 2.40. The molecule has 17 heavy (non-hydrogen) atoms. The molecular formula is C16H27N. The lowest BCUT2D eigenvalue weighted by Gasteiger charge is -2.41. The van der Waals surface area contributed by atoms with E-state index in [1.165, 1.54) is 18.5 Å². The Kier molecular flexibility index (Phi) is 5.04. The molecule has 0 spiro atoms. The quantitative estimate of drug-likeness (QED) is 0.498. The van der Waals surface area contributed by atoms with Gasteiger partial charge in [0.2, 0.25) is 0 Å². The van der Waals surface area contributed by atoms with Crippen LogP contribution in [0, 0.1) is 5.92 Å². The minimum absolute atomic E-state index is 0.604. The summed E-state index contributed by atoms with van der Waals surface area (Å²) in [5.41, 5.74) is 4.64. The van der Waals surface area contributed by atoms with Gasteiger partial charge in [0.25, 0.3) is 0 Å². The van der Waals surface area contributed by atoms with Crippen molar-refractivity contribution >= 4 is 0 Å². The fourth-order valence-electron chi connectivity index (χ4n) is 2.61. The van der Waals surface area contributed by atoms with Crippen molar-refractivity contribution in [2.45, 2.75) is 53.5 Å². The van der Waals surface area contributed by atoms with Crippen LogP contribution < -0.4 is 0 Å². The van der Waals surface area contributed by atoms with Crippen molar-refractivity contribution in [3.8, 4) is 0 Å². The van der Waals surface area contributed by atoms with E-state index in [4.69, 9.17) is 0 Å². The molecule has 1 unspecified atom stereocenters. The first-order valence-corrected chi connectivity index (χ1v) is 6.73. The fourth-order valence-corrected chi connectivity index (χ4v) is 2.61. The van der Waals surface area contributed by atoms with Gasteiger partial charge >= 0.3 is 0 Å². The Balaban J connectivity index is 2.66. The number of hydrogen-bond donors (Lipinski definition) is 0. The molecule has 0 saturated heterocycles. The second-order valence-electron chi connectivity index (χ2n) is 5.14. The molecule has 0 heterocycles. The maximum Gasteiger partial charge on any atom is 0.0323 e. The van der Waals surface area contributed by atoms with Crippen LogP contribution in [0.25, 0.3) is 0 Å². The molecule has 1 aliphatic rings. The molecule has 0 aliphatic heterocycles. The van der Waals surface area contributed by atoms with Crippen molar-refractivity contribution in [1.82, 2.24) is 4.90 Å². The Morgan fingerprint density at radius 3 is 2.65 bits per heavy atom. The van der Waals surface area contributed by atoms with E-state index >= 15 is 0 Å². The lowest BCUT2D eigenvalue weighted by Crippen LogP contribution is -2.38. The van der Waals surface area contributed by atoms with Crippen molar-refractivity contribution < 1.29 is 0 Å². The Morgan fingerprint density at radius 1 is 1.53 bits per heavy atom. The number of rotatable bonds is 5. The molecule has 0 saturated carbocycles. The van der Waals surface area contributed by atoms with Crippen LogP contribution in [0.1, 0.15) is 47.5 Å². The minimum atomic E-state index is 0.604. The smallest absolute Gasteiger partial charge is 0.0323 e. The van der Waals surface area contributed by atoms with E-state index in [9.17, 15) is 0 Å². The molecule has 1 heteroatoms. The van der Waals surface area contributed by atoms with Crippen LogP contribution in [0.5, 0.6) is 0 Å². The largest absolute Gasteiger partial charge is 0.375 e. The van der Waals surface area contributed by atoms with Crippen molar-refractivity contribution in [3.63, 3.8) is 0 Å². The Bertz CT molecular complexity index is 347. The molecule has 0 aromatic carbocycles. The number of hydrogen-bond acceptors (Lipinski definition) is 1. The lowest BCUT2D eigenvalue weighted by molar-refractivity contribution is 0.237. The normalized spacial score (nSPS) is 22.9. The van der Waals surface area contributed by atoms with Gasteiger partial charge in [-0.3, -0.25) is 0 Å². The second-order valence-corrected chi connectivity index (χ2v) is 5.14. The van der Waals surface area contributed by atoms with Gasteiger partial charge in [-0.25, -0.2) is 0 Å². The summed E-state index contributed by atoms with van der Waals surface area (Å²) in [6.45, 7) is 11.2. The predicted molar refractivity (Wildman–Crippen MR) is 76.9 cm³/mol. The highest BCUT2D eigenvalue weighted by atomic mass is 15.1. The molecule has 0 fully saturated rings. The Labute approximate surface area is 107 Å². The minimum Gasteiger partial charge on any atom is -0.375 e. The molecule has 0 aromatic rings. The number of nitrogens with zero attached hydrogens (tertiary/aromatic N) is 1. The van der Waals surface area contributed by atoms with Crippen molar-refractivity contribution in [2.24, 2.45) is 5.92 Å². The molecule has 0 N–H and O–H groups in total. The summed E-state index contributed by atoms with van der Waals surface area (Å²) >= 11 is 0. The van der Waals surface area contributed by atoms with Gasteiger partial charge in [-0.15, -0.1) is 0 Å². The molecule has 0 bridgehead atoms. The third-order valence-electron chi connectivity index (χ3n) is 4.29. The standard InChI is InChI=1S/C16H27N/c1-7-9-10-12(3)17(6)14(5)16-11-15(8-2)13(16)4/h7,9-10,14,16H,8,11H2,1-6H3/b9-7-,12-10+/t14-,16?/m0/s1. The topological polar surface area (TPSA) is 3.24 Å². The maximum atomic E-state index is 2.40. The summed E-state index contributed by atoms with van der Waals surface area (Å²) in [7, 11) is 2.21. The van der Waals surface area contributed by atoms with Crippen molar-refractivity contribution in [2.75, 3.05) is 7.05 Å².